The van der Waals surface area contributed by atoms with Crippen molar-refractivity contribution in [2.45, 2.75) is 12.6 Å². The molecule has 0 amide bonds. The molecule has 1 aliphatic rings. The second-order valence-corrected chi connectivity index (χ2v) is 6.80. The van der Waals surface area contributed by atoms with Gasteiger partial charge in [0.1, 0.15) is 5.65 Å². The van der Waals surface area contributed by atoms with Crippen molar-refractivity contribution in [1.29, 1.82) is 0 Å². The van der Waals surface area contributed by atoms with Gasteiger partial charge >= 0.3 is 5.69 Å². The number of pyridine rings is 2. The predicted molar refractivity (Wildman–Crippen MR) is 101 cm³/mol. The van der Waals surface area contributed by atoms with Crippen LogP contribution < -0.4 is 5.69 Å². The first kappa shape index (κ1) is 16.5. The number of H-pyrrole nitrogens is 2. The van der Waals surface area contributed by atoms with Crippen LogP contribution in [0.2, 0.25) is 5.02 Å². The average Bonchev–Trinajstić information content (AvgIpc) is 3.28. The fourth-order valence-corrected chi connectivity index (χ4v) is 3.69. The van der Waals surface area contributed by atoms with E-state index in [9.17, 15) is 4.79 Å². The quantitative estimate of drug-likeness (QED) is 0.564. The number of hydrogen-bond acceptors (Lipinski definition) is 5. The summed E-state index contributed by atoms with van der Waals surface area (Å²) in [5, 5.41) is 1.43. The maximum absolute atomic E-state index is 12.4. The third-order valence-corrected chi connectivity index (χ3v) is 5.14. The molecule has 5 rings (SSSR count). The van der Waals surface area contributed by atoms with Crippen LogP contribution in [0.15, 0.2) is 35.5 Å². The average molecular weight is 386 g/mol. The zero-order chi connectivity index (χ0) is 18.4. The molecule has 1 fully saturated rings. The highest BCUT2D eigenvalue weighted by Gasteiger charge is 2.19. The van der Waals surface area contributed by atoms with Gasteiger partial charge < -0.3 is 14.5 Å². The van der Waals surface area contributed by atoms with E-state index >= 15 is 0 Å². The maximum Gasteiger partial charge on any atom is 0.327 e. The number of nitrogens with zero attached hydrogens (tertiary/aromatic N) is 3. The van der Waals surface area contributed by atoms with Gasteiger partial charge in [0.25, 0.3) is 0 Å². The zero-order valence-corrected chi connectivity index (χ0v) is 15.0. The largest absolute Gasteiger partial charge is 0.376 e. The van der Waals surface area contributed by atoms with E-state index in [4.69, 9.17) is 21.1 Å². The fraction of sp³-hybridized carbons (Fsp3) is 0.278. The summed E-state index contributed by atoms with van der Waals surface area (Å²) in [7, 11) is 0. The first-order valence-corrected chi connectivity index (χ1v) is 8.98. The molecule has 0 bridgehead atoms. The van der Waals surface area contributed by atoms with Crippen LogP contribution in [0.3, 0.4) is 0 Å². The van der Waals surface area contributed by atoms with Gasteiger partial charge in [0.15, 0.2) is 5.65 Å². The minimum absolute atomic E-state index is 0.166. The highest BCUT2D eigenvalue weighted by atomic mass is 35.5. The molecule has 1 saturated heterocycles. The molecule has 4 aromatic rings. The Balaban J connectivity index is 1.60. The lowest BCUT2D eigenvalue weighted by Crippen LogP contribution is -2.34. The second kappa shape index (κ2) is 6.49. The van der Waals surface area contributed by atoms with Crippen molar-refractivity contribution in [3.63, 3.8) is 0 Å². The van der Waals surface area contributed by atoms with Gasteiger partial charge in [-0.15, -0.1) is 0 Å². The van der Waals surface area contributed by atoms with Crippen LogP contribution in [0.4, 0.5) is 0 Å². The van der Waals surface area contributed by atoms with Gasteiger partial charge in [-0.05, 0) is 12.1 Å². The SMILES string of the molecule is O=c1[nH]c2ncc(-c3cnc4[nH]ccc4c3Cl)cc2n1C[C@H]1COCCO1. The Bertz CT molecular complexity index is 1190. The summed E-state index contributed by atoms with van der Waals surface area (Å²) in [6, 6.07) is 3.78. The van der Waals surface area contributed by atoms with Crippen LogP contribution in [-0.2, 0) is 16.0 Å². The molecule has 0 spiro atoms. The number of aromatic amines is 2. The van der Waals surface area contributed by atoms with E-state index in [0.717, 1.165) is 22.2 Å². The number of fused-ring (bicyclic) bond motifs is 2. The Labute approximate surface area is 158 Å². The molecule has 0 saturated carbocycles. The summed E-state index contributed by atoms with van der Waals surface area (Å²) in [5.41, 5.74) is 3.26. The van der Waals surface area contributed by atoms with Gasteiger partial charge in [0.05, 0.1) is 43.0 Å². The molecule has 5 heterocycles. The normalized spacial score (nSPS) is 17.7. The number of hydrogen-bond donors (Lipinski definition) is 2. The van der Waals surface area contributed by atoms with Gasteiger partial charge in [0.2, 0.25) is 0 Å². The van der Waals surface area contributed by atoms with Crippen molar-refractivity contribution in [2.24, 2.45) is 0 Å². The molecule has 9 heteroatoms. The molecular formula is C18H16ClN5O3. The lowest BCUT2D eigenvalue weighted by atomic mass is 10.1. The van der Waals surface area contributed by atoms with Gasteiger partial charge in [-0.1, -0.05) is 11.6 Å². The van der Waals surface area contributed by atoms with Crippen LogP contribution >= 0.6 is 11.6 Å². The lowest BCUT2D eigenvalue weighted by Gasteiger charge is -2.23. The number of rotatable bonds is 3. The summed E-state index contributed by atoms with van der Waals surface area (Å²) in [5.74, 6) is 0. The smallest absolute Gasteiger partial charge is 0.327 e. The molecule has 2 N–H and O–H groups in total. The van der Waals surface area contributed by atoms with E-state index in [1.807, 2.05) is 12.1 Å². The third-order valence-electron chi connectivity index (χ3n) is 4.73. The van der Waals surface area contributed by atoms with Crippen LogP contribution in [0, 0.1) is 0 Å². The summed E-state index contributed by atoms with van der Waals surface area (Å²) in [6.45, 7) is 1.97. The second-order valence-electron chi connectivity index (χ2n) is 6.43. The van der Waals surface area contributed by atoms with Gasteiger partial charge in [0, 0.05) is 35.1 Å². The van der Waals surface area contributed by atoms with Crippen molar-refractivity contribution >= 4 is 33.8 Å². The molecule has 0 aromatic carbocycles. The van der Waals surface area contributed by atoms with Crippen LogP contribution in [0.5, 0.6) is 0 Å². The topological polar surface area (TPSA) is 97.8 Å². The van der Waals surface area contributed by atoms with Gasteiger partial charge in [-0.2, -0.15) is 0 Å². The monoisotopic (exact) mass is 385 g/mol. The molecule has 0 radical (unpaired) electrons. The van der Waals surface area contributed by atoms with E-state index in [1.165, 1.54) is 0 Å². The summed E-state index contributed by atoms with van der Waals surface area (Å²) < 4.78 is 12.7. The Morgan fingerprint density at radius 3 is 3.00 bits per heavy atom. The lowest BCUT2D eigenvalue weighted by molar-refractivity contribution is -0.0934. The summed E-state index contributed by atoms with van der Waals surface area (Å²) in [4.78, 5) is 27.0. The first-order chi connectivity index (χ1) is 13.2. The Hall–Kier alpha value is -2.68. The molecule has 4 aromatic heterocycles. The summed E-state index contributed by atoms with van der Waals surface area (Å²) in [6.07, 6.45) is 5.02. The highest BCUT2D eigenvalue weighted by Crippen LogP contribution is 2.33. The van der Waals surface area contributed by atoms with E-state index in [2.05, 4.69) is 19.9 Å². The van der Waals surface area contributed by atoms with Crippen molar-refractivity contribution in [1.82, 2.24) is 24.5 Å². The number of nitrogens with one attached hydrogen (secondary N) is 2. The third kappa shape index (κ3) is 2.82. The van der Waals surface area contributed by atoms with Gasteiger partial charge in [-0.25, -0.2) is 14.8 Å². The van der Waals surface area contributed by atoms with Crippen molar-refractivity contribution in [2.75, 3.05) is 19.8 Å². The molecule has 1 atom stereocenters. The van der Waals surface area contributed by atoms with E-state index in [1.54, 1.807) is 23.2 Å². The molecule has 27 heavy (non-hydrogen) atoms. The Morgan fingerprint density at radius 2 is 2.15 bits per heavy atom. The standard InChI is InChI=1S/C18H16ClN5O3/c19-15-12-1-2-20-16(12)22-7-13(15)10-5-14-17(21-6-10)23-18(25)24(14)8-11-9-26-3-4-27-11/h1-2,5-7,11H,3-4,8-9H2,(H,20,22)(H,21,23,25)/t11-/m0/s1. The minimum Gasteiger partial charge on any atom is -0.376 e. The minimum atomic E-state index is -0.228. The van der Waals surface area contributed by atoms with Crippen LogP contribution in [0.25, 0.3) is 33.3 Å². The Morgan fingerprint density at radius 1 is 1.26 bits per heavy atom. The van der Waals surface area contributed by atoms with E-state index in [-0.39, 0.29) is 11.8 Å². The molecule has 138 valence electrons. The maximum atomic E-state index is 12.4. The molecule has 0 unspecified atom stereocenters. The Kier molecular flexibility index (Phi) is 3.96. The molecular weight excluding hydrogens is 370 g/mol. The van der Waals surface area contributed by atoms with Gasteiger partial charge in [-0.3, -0.25) is 9.55 Å². The van der Waals surface area contributed by atoms with Crippen molar-refractivity contribution in [3.8, 4) is 11.1 Å². The first-order valence-electron chi connectivity index (χ1n) is 8.60. The van der Waals surface area contributed by atoms with E-state index < -0.39 is 0 Å². The van der Waals surface area contributed by atoms with Crippen LogP contribution in [0.1, 0.15) is 0 Å². The predicted octanol–water partition coefficient (Wildman–Crippen LogP) is 2.34. The number of imidazole rings is 1. The molecule has 1 aliphatic heterocycles. The number of ether oxygens (including phenoxy) is 2. The van der Waals surface area contributed by atoms with Crippen molar-refractivity contribution in [3.05, 3.63) is 46.2 Å². The molecule has 8 nitrogen and oxygen atoms in total. The van der Waals surface area contributed by atoms with E-state index in [0.29, 0.717) is 42.6 Å². The van der Waals surface area contributed by atoms with Crippen LogP contribution in [-0.4, -0.2) is 50.4 Å². The molecule has 0 aliphatic carbocycles. The van der Waals surface area contributed by atoms with Crippen molar-refractivity contribution < 1.29 is 9.47 Å². The number of halogens is 1. The number of aromatic nitrogens is 5. The summed E-state index contributed by atoms with van der Waals surface area (Å²) >= 11 is 6.57. The zero-order valence-electron chi connectivity index (χ0n) is 14.2. The highest BCUT2D eigenvalue weighted by molar-refractivity contribution is 6.38. The fourth-order valence-electron chi connectivity index (χ4n) is 3.38.